The van der Waals surface area contributed by atoms with Gasteiger partial charge in [-0.1, -0.05) is 30.3 Å². The van der Waals surface area contributed by atoms with Crippen molar-refractivity contribution in [3.8, 4) is 11.6 Å². The van der Waals surface area contributed by atoms with Gasteiger partial charge in [-0.2, -0.15) is 0 Å². The minimum Gasteiger partial charge on any atom is -0.464 e. The molecule has 1 amide bonds. The van der Waals surface area contributed by atoms with E-state index >= 15 is 0 Å². The smallest absolute Gasteiger partial charge is 0.295 e. The minimum absolute atomic E-state index is 0.217. The molecule has 0 aliphatic rings. The molecule has 0 saturated carbocycles. The summed E-state index contributed by atoms with van der Waals surface area (Å²) in [5, 5.41) is 3.43. The molecular formula is C22H21N5O3. The van der Waals surface area contributed by atoms with E-state index in [4.69, 9.17) is 4.74 Å². The third-order valence-electron chi connectivity index (χ3n) is 4.97. The van der Waals surface area contributed by atoms with Gasteiger partial charge >= 0.3 is 0 Å². The Labute approximate surface area is 172 Å². The van der Waals surface area contributed by atoms with Crippen molar-refractivity contribution in [1.82, 2.24) is 19.3 Å². The molecule has 1 N–H and O–H groups in total. The third kappa shape index (κ3) is 3.43. The molecule has 0 saturated heterocycles. The van der Waals surface area contributed by atoms with Crippen LogP contribution in [0.5, 0.6) is 5.88 Å². The van der Waals surface area contributed by atoms with Gasteiger partial charge in [0, 0.05) is 7.05 Å². The molecule has 2 aromatic carbocycles. The van der Waals surface area contributed by atoms with Crippen LogP contribution in [0.25, 0.3) is 16.6 Å². The van der Waals surface area contributed by atoms with Gasteiger partial charge in [-0.15, -0.1) is 0 Å². The SMILES string of the molecule is Cc1c(NC(=O)[C@@H](C)Oc2ncnc3ccccc23)c(=O)n(-c2ccccc2)n1C. The van der Waals surface area contributed by atoms with Gasteiger partial charge in [0.15, 0.2) is 6.10 Å². The van der Waals surface area contributed by atoms with Crippen molar-refractivity contribution in [3.63, 3.8) is 0 Å². The number of rotatable bonds is 5. The molecule has 30 heavy (non-hydrogen) atoms. The van der Waals surface area contributed by atoms with E-state index in [0.29, 0.717) is 22.6 Å². The van der Waals surface area contributed by atoms with Crippen molar-refractivity contribution in [2.24, 2.45) is 7.05 Å². The minimum atomic E-state index is -0.868. The molecule has 8 nitrogen and oxygen atoms in total. The topological polar surface area (TPSA) is 91.0 Å². The number of hydrogen-bond acceptors (Lipinski definition) is 5. The monoisotopic (exact) mass is 403 g/mol. The van der Waals surface area contributed by atoms with Gasteiger partial charge in [-0.3, -0.25) is 14.3 Å². The fraction of sp³-hybridized carbons (Fsp3) is 0.182. The van der Waals surface area contributed by atoms with E-state index in [1.54, 1.807) is 25.6 Å². The number of nitrogens with zero attached hydrogens (tertiary/aromatic N) is 4. The van der Waals surface area contributed by atoms with E-state index < -0.39 is 12.0 Å². The first-order valence-corrected chi connectivity index (χ1v) is 9.48. The molecule has 0 radical (unpaired) electrons. The number of para-hydroxylation sites is 2. The van der Waals surface area contributed by atoms with Crippen LogP contribution >= 0.6 is 0 Å². The Hall–Kier alpha value is -3.94. The summed E-state index contributed by atoms with van der Waals surface area (Å²) >= 11 is 0. The molecular weight excluding hydrogens is 382 g/mol. The third-order valence-corrected chi connectivity index (χ3v) is 4.97. The van der Waals surface area contributed by atoms with Gasteiger partial charge < -0.3 is 10.1 Å². The summed E-state index contributed by atoms with van der Waals surface area (Å²) in [5.74, 6) is -0.126. The van der Waals surface area contributed by atoms with Crippen molar-refractivity contribution < 1.29 is 9.53 Å². The summed E-state index contributed by atoms with van der Waals surface area (Å²) in [6.07, 6.45) is 0.523. The fourth-order valence-electron chi connectivity index (χ4n) is 3.23. The first-order valence-electron chi connectivity index (χ1n) is 9.48. The first kappa shape index (κ1) is 19.4. The number of benzene rings is 2. The standard InChI is InChI=1S/C22H21N5O3/c1-14-19(22(29)27(26(14)3)16-9-5-4-6-10-16)25-20(28)15(2)30-21-17-11-7-8-12-18(17)23-13-24-21/h4-13,15H,1-3H3,(H,25,28)/t15-/m1/s1. The summed E-state index contributed by atoms with van der Waals surface area (Å²) in [4.78, 5) is 34.1. The molecule has 4 aromatic rings. The summed E-state index contributed by atoms with van der Waals surface area (Å²) in [6, 6.07) is 16.6. The van der Waals surface area contributed by atoms with Crippen LogP contribution in [0.2, 0.25) is 0 Å². The second-order valence-electron chi connectivity index (χ2n) is 6.88. The zero-order valence-electron chi connectivity index (χ0n) is 16.9. The number of carbonyl (C=O) groups excluding carboxylic acids is 1. The highest BCUT2D eigenvalue weighted by molar-refractivity contribution is 5.95. The highest BCUT2D eigenvalue weighted by Gasteiger charge is 2.22. The van der Waals surface area contributed by atoms with Crippen molar-refractivity contribution in [2.45, 2.75) is 20.0 Å². The lowest BCUT2D eigenvalue weighted by Crippen LogP contribution is -2.32. The normalized spacial score (nSPS) is 12.0. The van der Waals surface area contributed by atoms with Gasteiger partial charge in [0.1, 0.15) is 12.0 Å². The van der Waals surface area contributed by atoms with Crippen LogP contribution < -0.4 is 15.6 Å². The highest BCUT2D eigenvalue weighted by Crippen LogP contribution is 2.22. The molecule has 0 bridgehead atoms. The van der Waals surface area contributed by atoms with Gasteiger partial charge in [-0.05, 0) is 38.1 Å². The molecule has 8 heteroatoms. The molecule has 152 valence electrons. The molecule has 0 unspecified atom stereocenters. The van der Waals surface area contributed by atoms with Crippen LogP contribution in [0.3, 0.4) is 0 Å². The fourth-order valence-corrected chi connectivity index (χ4v) is 3.23. The number of nitrogens with one attached hydrogen (secondary N) is 1. The number of fused-ring (bicyclic) bond motifs is 1. The summed E-state index contributed by atoms with van der Waals surface area (Å²) < 4.78 is 9.00. The zero-order valence-corrected chi connectivity index (χ0v) is 16.9. The maximum absolute atomic E-state index is 13.0. The summed E-state index contributed by atoms with van der Waals surface area (Å²) in [5.41, 5.74) is 1.98. The van der Waals surface area contributed by atoms with Crippen LogP contribution in [-0.2, 0) is 11.8 Å². The number of aromatic nitrogens is 4. The zero-order chi connectivity index (χ0) is 21.3. The van der Waals surface area contributed by atoms with Crippen LogP contribution in [0.4, 0.5) is 5.69 Å². The van der Waals surface area contributed by atoms with E-state index in [9.17, 15) is 9.59 Å². The lowest BCUT2D eigenvalue weighted by molar-refractivity contribution is -0.122. The van der Waals surface area contributed by atoms with Crippen molar-refractivity contribution in [1.29, 1.82) is 0 Å². The number of carbonyl (C=O) groups is 1. The Morgan fingerprint density at radius 3 is 2.53 bits per heavy atom. The Morgan fingerprint density at radius 1 is 1.07 bits per heavy atom. The van der Waals surface area contributed by atoms with Crippen molar-refractivity contribution in [3.05, 3.63) is 77.0 Å². The average molecular weight is 403 g/mol. The second-order valence-corrected chi connectivity index (χ2v) is 6.88. The van der Waals surface area contributed by atoms with Crippen LogP contribution in [0, 0.1) is 6.92 Å². The van der Waals surface area contributed by atoms with E-state index in [2.05, 4.69) is 15.3 Å². The van der Waals surface area contributed by atoms with Crippen LogP contribution in [-0.4, -0.2) is 31.3 Å². The first-order chi connectivity index (χ1) is 14.5. The molecule has 0 aliphatic carbocycles. The summed E-state index contributed by atoms with van der Waals surface area (Å²) in [6.45, 7) is 3.39. The summed E-state index contributed by atoms with van der Waals surface area (Å²) in [7, 11) is 1.77. The molecule has 2 heterocycles. The Morgan fingerprint density at radius 2 is 1.77 bits per heavy atom. The molecule has 0 spiro atoms. The van der Waals surface area contributed by atoms with E-state index in [0.717, 1.165) is 5.52 Å². The molecule has 2 aromatic heterocycles. The Bertz CT molecular complexity index is 1270. The van der Waals surface area contributed by atoms with E-state index in [1.165, 1.54) is 11.0 Å². The van der Waals surface area contributed by atoms with Gasteiger partial charge in [0.05, 0.1) is 22.3 Å². The predicted octanol–water partition coefficient (Wildman–Crippen LogP) is 2.83. The number of hydrogen-bond donors (Lipinski definition) is 1. The van der Waals surface area contributed by atoms with Gasteiger partial charge in [0.25, 0.3) is 11.5 Å². The quantitative estimate of drug-likeness (QED) is 0.553. The predicted molar refractivity (Wildman–Crippen MR) is 114 cm³/mol. The molecule has 0 aliphatic heterocycles. The highest BCUT2D eigenvalue weighted by atomic mass is 16.5. The maximum Gasteiger partial charge on any atom is 0.295 e. The number of amides is 1. The van der Waals surface area contributed by atoms with Crippen LogP contribution in [0.1, 0.15) is 12.6 Å². The Kier molecular flexibility index (Phi) is 5.05. The molecule has 0 fully saturated rings. The second kappa shape index (κ2) is 7.82. The van der Waals surface area contributed by atoms with Gasteiger partial charge in [-0.25, -0.2) is 14.6 Å². The van der Waals surface area contributed by atoms with E-state index in [-0.39, 0.29) is 11.2 Å². The largest absolute Gasteiger partial charge is 0.464 e. The van der Waals surface area contributed by atoms with Gasteiger partial charge in [0.2, 0.25) is 5.88 Å². The molecule has 1 atom stereocenters. The average Bonchev–Trinajstić information content (AvgIpc) is 2.97. The van der Waals surface area contributed by atoms with Crippen molar-refractivity contribution >= 4 is 22.5 Å². The lowest BCUT2D eigenvalue weighted by Gasteiger charge is -2.14. The van der Waals surface area contributed by atoms with Crippen molar-refractivity contribution in [2.75, 3.05) is 5.32 Å². The maximum atomic E-state index is 13.0. The Balaban J connectivity index is 1.59. The van der Waals surface area contributed by atoms with E-state index in [1.807, 2.05) is 54.6 Å². The molecule has 4 rings (SSSR count). The number of anilines is 1. The van der Waals surface area contributed by atoms with Crippen LogP contribution in [0.15, 0.2) is 65.7 Å². The number of ether oxygens (including phenoxy) is 1. The lowest BCUT2D eigenvalue weighted by atomic mass is 10.2.